The van der Waals surface area contributed by atoms with Crippen LogP contribution in [0.2, 0.25) is 5.02 Å². The maximum absolute atomic E-state index is 8.71. The molecule has 0 aliphatic carbocycles. The lowest BCUT2D eigenvalue weighted by Crippen LogP contribution is -1.99. The second kappa shape index (κ2) is 5.90. The molecule has 0 heterocycles. The van der Waals surface area contributed by atoms with Gasteiger partial charge in [-0.1, -0.05) is 23.7 Å². The average molecular weight is 322 g/mol. The van der Waals surface area contributed by atoms with Crippen LogP contribution in [0.5, 0.6) is 0 Å². The van der Waals surface area contributed by atoms with Gasteiger partial charge in [0.2, 0.25) is 0 Å². The van der Waals surface area contributed by atoms with E-state index in [1.54, 1.807) is 0 Å². The third kappa shape index (κ3) is 3.25. The monoisotopic (exact) mass is 320 g/mol. The molecule has 90 valence electrons. The molecule has 0 atom stereocenters. The predicted molar refractivity (Wildman–Crippen MR) is 77.6 cm³/mol. The first-order chi connectivity index (χ1) is 8.69. The number of hydrogen-bond acceptors (Lipinski definition) is 2. The van der Waals surface area contributed by atoms with E-state index < -0.39 is 0 Å². The van der Waals surface area contributed by atoms with Crippen molar-refractivity contribution in [2.45, 2.75) is 6.54 Å². The molecule has 4 heteroatoms. The van der Waals surface area contributed by atoms with Crippen LogP contribution in [0.1, 0.15) is 11.1 Å². The van der Waals surface area contributed by atoms with Gasteiger partial charge in [-0.05, 0) is 51.8 Å². The fraction of sp³-hybridized carbons (Fsp3) is 0.0714. The first-order valence-corrected chi connectivity index (χ1v) is 6.54. The molecule has 0 fully saturated rings. The van der Waals surface area contributed by atoms with E-state index in [4.69, 9.17) is 16.9 Å². The third-order valence-corrected chi connectivity index (χ3v) is 3.39. The first kappa shape index (κ1) is 12.9. The van der Waals surface area contributed by atoms with Gasteiger partial charge in [0.1, 0.15) is 0 Å². The summed E-state index contributed by atoms with van der Waals surface area (Å²) in [5, 5.41) is 12.7. The minimum atomic E-state index is 0.673. The zero-order valence-corrected chi connectivity index (χ0v) is 11.8. The molecule has 2 rings (SSSR count). The molecule has 18 heavy (non-hydrogen) atoms. The third-order valence-electron chi connectivity index (χ3n) is 2.50. The fourth-order valence-electron chi connectivity index (χ4n) is 1.53. The van der Waals surface area contributed by atoms with Crippen LogP contribution in [0, 0.1) is 11.3 Å². The minimum Gasteiger partial charge on any atom is -0.380 e. The number of nitrogens with one attached hydrogen (secondary N) is 1. The van der Waals surface area contributed by atoms with Gasteiger partial charge in [-0.25, -0.2) is 0 Å². The van der Waals surface area contributed by atoms with E-state index in [0.717, 1.165) is 15.7 Å². The van der Waals surface area contributed by atoms with Gasteiger partial charge in [-0.3, -0.25) is 0 Å². The number of benzene rings is 2. The van der Waals surface area contributed by atoms with E-state index in [1.165, 1.54) is 0 Å². The van der Waals surface area contributed by atoms with Crippen LogP contribution in [-0.4, -0.2) is 0 Å². The SMILES string of the molecule is N#Cc1ccc(CNc2ccc(Cl)cc2Br)cc1. The lowest BCUT2D eigenvalue weighted by molar-refractivity contribution is 1.14. The maximum atomic E-state index is 8.71. The van der Waals surface area contributed by atoms with Gasteiger partial charge in [0.15, 0.2) is 0 Å². The number of rotatable bonds is 3. The average Bonchev–Trinajstić information content (AvgIpc) is 2.38. The number of hydrogen-bond donors (Lipinski definition) is 1. The Labute approximate surface area is 119 Å². The normalized spacial score (nSPS) is 9.83. The van der Waals surface area contributed by atoms with Gasteiger partial charge < -0.3 is 5.32 Å². The molecule has 0 saturated heterocycles. The fourth-order valence-corrected chi connectivity index (χ4v) is 2.35. The number of nitriles is 1. The Bertz CT molecular complexity index is 588. The topological polar surface area (TPSA) is 35.8 Å². The molecular weight excluding hydrogens is 312 g/mol. The second-order valence-corrected chi connectivity index (χ2v) is 5.08. The van der Waals surface area contributed by atoms with E-state index >= 15 is 0 Å². The Balaban J connectivity index is 2.04. The Kier molecular flexibility index (Phi) is 4.24. The highest BCUT2D eigenvalue weighted by molar-refractivity contribution is 9.10. The summed E-state index contributed by atoms with van der Waals surface area (Å²) < 4.78 is 0.934. The molecule has 0 aliphatic rings. The molecule has 0 amide bonds. The molecular formula is C14H10BrClN2. The van der Waals surface area contributed by atoms with Gasteiger partial charge in [-0.2, -0.15) is 5.26 Å². The van der Waals surface area contributed by atoms with Gasteiger partial charge in [0, 0.05) is 21.7 Å². The van der Waals surface area contributed by atoms with E-state index in [-0.39, 0.29) is 0 Å². The zero-order chi connectivity index (χ0) is 13.0. The van der Waals surface area contributed by atoms with E-state index in [0.29, 0.717) is 17.1 Å². The number of anilines is 1. The molecule has 0 spiro atoms. The molecule has 0 aromatic heterocycles. The van der Waals surface area contributed by atoms with Gasteiger partial charge in [0.05, 0.1) is 11.6 Å². The summed E-state index contributed by atoms with van der Waals surface area (Å²) in [6.07, 6.45) is 0. The molecule has 0 unspecified atom stereocenters. The predicted octanol–water partition coefficient (Wildman–Crippen LogP) is 4.59. The molecule has 0 saturated carbocycles. The van der Waals surface area contributed by atoms with Crippen LogP contribution in [-0.2, 0) is 6.54 Å². The molecule has 2 aromatic rings. The van der Waals surface area contributed by atoms with Crippen LogP contribution in [0.4, 0.5) is 5.69 Å². The van der Waals surface area contributed by atoms with Crippen molar-refractivity contribution in [2.75, 3.05) is 5.32 Å². The molecule has 0 radical (unpaired) electrons. The van der Waals surface area contributed by atoms with Gasteiger partial charge in [-0.15, -0.1) is 0 Å². The summed E-state index contributed by atoms with van der Waals surface area (Å²) >= 11 is 9.33. The highest BCUT2D eigenvalue weighted by Gasteiger charge is 2.00. The van der Waals surface area contributed by atoms with Crippen molar-refractivity contribution in [3.8, 4) is 6.07 Å². The quantitative estimate of drug-likeness (QED) is 0.897. The van der Waals surface area contributed by atoms with E-state index in [9.17, 15) is 0 Å². The van der Waals surface area contributed by atoms with Crippen molar-refractivity contribution < 1.29 is 0 Å². The molecule has 2 nitrogen and oxygen atoms in total. The van der Waals surface area contributed by atoms with Crippen LogP contribution >= 0.6 is 27.5 Å². The zero-order valence-electron chi connectivity index (χ0n) is 9.45. The highest BCUT2D eigenvalue weighted by Crippen LogP contribution is 2.26. The Morgan fingerprint density at radius 3 is 2.50 bits per heavy atom. The van der Waals surface area contributed by atoms with Gasteiger partial charge in [0.25, 0.3) is 0 Å². The Morgan fingerprint density at radius 2 is 1.89 bits per heavy atom. The lowest BCUT2D eigenvalue weighted by atomic mass is 10.1. The van der Waals surface area contributed by atoms with Crippen LogP contribution < -0.4 is 5.32 Å². The summed E-state index contributed by atoms with van der Waals surface area (Å²) in [5.41, 5.74) is 2.78. The van der Waals surface area contributed by atoms with Crippen molar-refractivity contribution in [2.24, 2.45) is 0 Å². The standard InChI is InChI=1S/C14H10BrClN2/c15-13-7-12(16)5-6-14(13)18-9-11-3-1-10(8-17)2-4-11/h1-7,18H,9H2. The number of nitrogens with zero attached hydrogens (tertiary/aromatic N) is 1. The first-order valence-electron chi connectivity index (χ1n) is 5.37. The van der Waals surface area contributed by atoms with Crippen LogP contribution in [0.15, 0.2) is 46.9 Å². The Hall–Kier alpha value is -1.50. The highest BCUT2D eigenvalue weighted by atomic mass is 79.9. The Morgan fingerprint density at radius 1 is 1.17 bits per heavy atom. The molecule has 0 aliphatic heterocycles. The van der Waals surface area contributed by atoms with Crippen LogP contribution in [0.25, 0.3) is 0 Å². The summed E-state index contributed by atoms with van der Waals surface area (Å²) in [4.78, 5) is 0. The van der Waals surface area contributed by atoms with E-state index in [1.807, 2.05) is 42.5 Å². The summed E-state index contributed by atoms with van der Waals surface area (Å²) in [5.74, 6) is 0. The smallest absolute Gasteiger partial charge is 0.0991 e. The molecule has 1 N–H and O–H groups in total. The molecule has 2 aromatic carbocycles. The summed E-state index contributed by atoms with van der Waals surface area (Å²) in [6, 6.07) is 15.2. The van der Waals surface area contributed by atoms with Crippen molar-refractivity contribution in [3.05, 3.63) is 63.1 Å². The van der Waals surface area contributed by atoms with Crippen LogP contribution in [0.3, 0.4) is 0 Å². The molecule has 0 bridgehead atoms. The lowest BCUT2D eigenvalue weighted by Gasteiger charge is -2.09. The maximum Gasteiger partial charge on any atom is 0.0991 e. The summed E-state index contributed by atoms with van der Waals surface area (Å²) in [6.45, 7) is 0.700. The summed E-state index contributed by atoms with van der Waals surface area (Å²) in [7, 11) is 0. The largest absolute Gasteiger partial charge is 0.380 e. The second-order valence-electron chi connectivity index (χ2n) is 3.79. The van der Waals surface area contributed by atoms with Crippen molar-refractivity contribution in [1.29, 1.82) is 5.26 Å². The van der Waals surface area contributed by atoms with Crippen molar-refractivity contribution in [1.82, 2.24) is 0 Å². The van der Waals surface area contributed by atoms with E-state index in [2.05, 4.69) is 27.3 Å². The minimum absolute atomic E-state index is 0.673. The van der Waals surface area contributed by atoms with Crippen molar-refractivity contribution in [3.63, 3.8) is 0 Å². The number of halogens is 2. The van der Waals surface area contributed by atoms with Crippen molar-refractivity contribution >= 4 is 33.2 Å². The van der Waals surface area contributed by atoms with Gasteiger partial charge >= 0.3 is 0 Å².